The minimum absolute atomic E-state index is 0.0163. The molecular weight excluding hydrogens is 312 g/mol. The van der Waals surface area contributed by atoms with Crippen molar-refractivity contribution in [3.8, 4) is 5.75 Å². The van der Waals surface area contributed by atoms with Crippen LogP contribution in [0.2, 0.25) is 5.15 Å². The number of primary sulfonamides is 1. The Morgan fingerprint density at radius 2 is 2.00 bits per heavy atom. The van der Waals surface area contributed by atoms with Gasteiger partial charge in [0.15, 0.2) is 0 Å². The van der Waals surface area contributed by atoms with Crippen LogP contribution in [-0.2, 0) is 10.0 Å². The molecule has 0 radical (unpaired) electrons. The van der Waals surface area contributed by atoms with Gasteiger partial charge in [-0.05, 0) is 30.7 Å². The van der Waals surface area contributed by atoms with Crippen LogP contribution in [0.15, 0.2) is 29.2 Å². The molecule has 114 valence electrons. The fourth-order valence-corrected chi connectivity index (χ4v) is 2.92. The Labute approximate surface area is 129 Å². The lowest BCUT2D eigenvalue weighted by Gasteiger charge is -2.11. The number of ether oxygens (including phenoxy) is 1. The van der Waals surface area contributed by atoms with Gasteiger partial charge in [0.25, 0.3) is 0 Å². The summed E-state index contributed by atoms with van der Waals surface area (Å²) in [5.41, 5.74) is 0.408. The Morgan fingerprint density at radius 3 is 2.67 bits per heavy atom. The molecule has 1 heterocycles. The van der Waals surface area contributed by atoms with E-state index in [1.165, 1.54) is 12.1 Å². The number of rotatable bonds is 6. The highest BCUT2D eigenvalue weighted by Crippen LogP contribution is 2.30. The van der Waals surface area contributed by atoms with E-state index >= 15 is 0 Å². The van der Waals surface area contributed by atoms with Gasteiger partial charge >= 0.3 is 0 Å². The number of hydrogen-bond donors (Lipinski definition) is 1. The zero-order chi connectivity index (χ0) is 15.5. The molecule has 21 heavy (non-hydrogen) atoms. The Kier molecular flexibility index (Phi) is 5.03. The Hall–Kier alpha value is -1.37. The van der Waals surface area contributed by atoms with Crippen molar-refractivity contribution in [2.45, 2.75) is 31.1 Å². The first kappa shape index (κ1) is 16.0. The van der Waals surface area contributed by atoms with Crippen LogP contribution in [0.5, 0.6) is 5.75 Å². The van der Waals surface area contributed by atoms with E-state index in [0.717, 1.165) is 19.3 Å². The number of unbranched alkanes of at least 4 members (excludes halogenated alkanes) is 2. The highest BCUT2D eigenvalue weighted by atomic mass is 35.5. The number of aromatic nitrogens is 1. The molecule has 1 aromatic heterocycles. The number of hydrogen-bond acceptors (Lipinski definition) is 4. The van der Waals surface area contributed by atoms with Gasteiger partial charge in [-0.2, -0.15) is 0 Å². The molecule has 7 heteroatoms. The molecule has 0 aliphatic carbocycles. The number of fused-ring (bicyclic) bond motifs is 1. The van der Waals surface area contributed by atoms with Crippen LogP contribution in [-0.4, -0.2) is 20.0 Å². The number of halogens is 1. The summed E-state index contributed by atoms with van der Waals surface area (Å²) in [6.45, 7) is 2.66. The predicted molar refractivity (Wildman–Crippen MR) is 83.1 cm³/mol. The van der Waals surface area contributed by atoms with Crippen molar-refractivity contribution in [2.24, 2.45) is 5.14 Å². The first-order valence-corrected chi connectivity index (χ1v) is 8.60. The van der Waals surface area contributed by atoms with Crippen molar-refractivity contribution in [2.75, 3.05) is 6.61 Å². The van der Waals surface area contributed by atoms with Crippen LogP contribution >= 0.6 is 11.6 Å². The van der Waals surface area contributed by atoms with E-state index in [-0.39, 0.29) is 10.0 Å². The van der Waals surface area contributed by atoms with E-state index in [4.69, 9.17) is 21.5 Å². The van der Waals surface area contributed by atoms with E-state index in [0.29, 0.717) is 23.3 Å². The van der Waals surface area contributed by atoms with Gasteiger partial charge in [-0.3, -0.25) is 0 Å². The van der Waals surface area contributed by atoms with E-state index in [1.54, 1.807) is 12.1 Å². The van der Waals surface area contributed by atoms with Crippen molar-refractivity contribution in [3.05, 3.63) is 29.4 Å². The molecule has 0 atom stereocenters. The van der Waals surface area contributed by atoms with E-state index in [9.17, 15) is 8.42 Å². The standard InChI is InChI=1S/C14H17ClN2O3S/c1-2-3-4-9-20-11-6-7-12(21(16,18)19)10-5-8-13(15)17-14(10)11/h5-8H,2-4,9H2,1H3,(H2,16,18,19). The number of pyridine rings is 1. The first-order valence-electron chi connectivity index (χ1n) is 6.68. The molecule has 0 saturated heterocycles. The van der Waals surface area contributed by atoms with E-state index in [2.05, 4.69) is 11.9 Å². The van der Waals surface area contributed by atoms with Gasteiger partial charge in [0.2, 0.25) is 10.0 Å². The summed E-state index contributed by atoms with van der Waals surface area (Å²) in [6.07, 6.45) is 3.09. The van der Waals surface area contributed by atoms with Crippen LogP contribution in [0, 0.1) is 0 Å². The zero-order valence-electron chi connectivity index (χ0n) is 11.7. The third-order valence-corrected chi connectivity index (χ3v) is 4.24. The molecule has 0 amide bonds. The molecule has 0 unspecified atom stereocenters. The van der Waals surface area contributed by atoms with Gasteiger partial charge in [-0.25, -0.2) is 18.5 Å². The van der Waals surface area contributed by atoms with Gasteiger partial charge in [-0.15, -0.1) is 0 Å². The van der Waals surface area contributed by atoms with E-state index in [1.807, 2.05) is 0 Å². The van der Waals surface area contributed by atoms with Crippen molar-refractivity contribution < 1.29 is 13.2 Å². The van der Waals surface area contributed by atoms with Crippen LogP contribution in [0.1, 0.15) is 26.2 Å². The molecule has 0 aliphatic heterocycles. The van der Waals surface area contributed by atoms with Crippen molar-refractivity contribution in [3.63, 3.8) is 0 Å². The molecular formula is C14H17ClN2O3S. The molecule has 0 fully saturated rings. The fraction of sp³-hybridized carbons (Fsp3) is 0.357. The zero-order valence-corrected chi connectivity index (χ0v) is 13.2. The molecule has 5 nitrogen and oxygen atoms in total. The quantitative estimate of drug-likeness (QED) is 0.652. The lowest BCUT2D eigenvalue weighted by atomic mass is 10.2. The second-order valence-electron chi connectivity index (χ2n) is 4.69. The average Bonchev–Trinajstić information content (AvgIpc) is 2.42. The Balaban J connectivity index is 2.46. The summed E-state index contributed by atoms with van der Waals surface area (Å²) < 4.78 is 28.9. The number of nitrogens with two attached hydrogens (primary N) is 1. The van der Waals surface area contributed by atoms with Gasteiger partial charge in [-0.1, -0.05) is 31.4 Å². The minimum atomic E-state index is -3.83. The molecule has 0 aliphatic rings. The second kappa shape index (κ2) is 6.60. The molecule has 2 aromatic rings. The number of benzene rings is 1. The highest BCUT2D eigenvalue weighted by molar-refractivity contribution is 7.89. The maximum Gasteiger partial charge on any atom is 0.238 e. The van der Waals surface area contributed by atoms with Crippen LogP contribution in [0.25, 0.3) is 10.9 Å². The van der Waals surface area contributed by atoms with Crippen LogP contribution in [0.4, 0.5) is 0 Å². The molecule has 2 N–H and O–H groups in total. The third-order valence-electron chi connectivity index (χ3n) is 3.06. The number of sulfonamides is 1. The summed E-state index contributed by atoms with van der Waals surface area (Å²) in [7, 11) is -3.83. The average molecular weight is 329 g/mol. The summed E-state index contributed by atoms with van der Waals surface area (Å²) in [6, 6.07) is 6.11. The van der Waals surface area contributed by atoms with Gasteiger partial charge in [0.1, 0.15) is 16.4 Å². The first-order chi connectivity index (χ1) is 9.93. The molecule has 0 spiro atoms. The summed E-state index contributed by atoms with van der Waals surface area (Å²) >= 11 is 5.89. The maximum absolute atomic E-state index is 11.6. The van der Waals surface area contributed by atoms with Crippen LogP contribution < -0.4 is 9.88 Å². The van der Waals surface area contributed by atoms with Crippen molar-refractivity contribution >= 4 is 32.5 Å². The summed E-state index contributed by atoms with van der Waals surface area (Å²) in [5, 5.41) is 5.90. The lowest BCUT2D eigenvalue weighted by molar-refractivity contribution is 0.309. The molecule has 2 rings (SSSR count). The summed E-state index contributed by atoms with van der Waals surface area (Å²) in [4.78, 5) is 4.19. The Bertz CT molecular complexity index is 747. The van der Waals surface area contributed by atoms with Gasteiger partial charge in [0, 0.05) is 5.39 Å². The smallest absolute Gasteiger partial charge is 0.238 e. The minimum Gasteiger partial charge on any atom is -0.491 e. The largest absolute Gasteiger partial charge is 0.491 e. The second-order valence-corrected chi connectivity index (χ2v) is 6.61. The molecule has 1 aromatic carbocycles. The van der Waals surface area contributed by atoms with E-state index < -0.39 is 10.0 Å². The number of nitrogens with zero attached hydrogens (tertiary/aromatic N) is 1. The third kappa shape index (κ3) is 3.84. The highest BCUT2D eigenvalue weighted by Gasteiger charge is 2.16. The fourth-order valence-electron chi connectivity index (χ4n) is 2.04. The Morgan fingerprint density at radius 1 is 1.24 bits per heavy atom. The normalized spacial score (nSPS) is 11.8. The van der Waals surface area contributed by atoms with Crippen molar-refractivity contribution in [1.29, 1.82) is 0 Å². The topological polar surface area (TPSA) is 82.3 Å². The van der Waals surface area contributed by atoms with Gasteiger partial charge in [0.05, 0.1) is 11.5 Å². The monoisotopic (exact) mass is 328 g/mol. The van der Waals surface area contributed by atoms with Crippen molar-refractivity contribution in [1.82, 2.24) is 4.98 Å². The summed E-state index contributed by atoms with van der Waals surface area (Å²) in [5.74, 6) is 0.510. The SMILES string of the molecule is CCCCCOc1ccc(S(N)(=O)=O)c2ccc(Cl)nc12. The predicted octanol–water partition coefficient (Wildman–Crippen LogP) is 3.10. The lowest BCUT2D eigenvalue weighted by Crippen LogP contribution is -2.13. The molecule has 0 saturated carbocycles. The van der Waals surface area contributed by atoms with Crippen LogP contribution in [0.3, 0.4) is 0 Å². The maximum atomic E-state index is 11.6. The molecule has 0 bridgehead atoms. The van der Waals surface area contributed by atoms with Gasteiger partial charge < -0.3 is 4.74 Å².